The van der Waals surface area contributed by atoms with Gasteiger partial charge in [-0.2, -0.15) is 13.2 Å². The molecule has 1 atom stereocenters. The van der Waals surface area contributed by atoms with E-state index in [1.165, 1.54) is 13.2 Å². The van der Waals surface area contributed by atoms with Crippen LogP contribution in [0.15, 0.2) is 18.2 Å². The number of hydrogen-bond donors (Lipinski definition) is 1. The predicted octanol–water partition coefficient (Wildman–Crippen LogP) is 4.15. The van der Waals surface area contributed by atoms with Crippen LogP contribution in [0, 0.1) is 0 Å². The van der Waals surface area contributed by atoms with Crippen LogP contribution in [0.5, 0.6) is 0 Å². The van der Waals surface area contributed by atoms with E-state index in [1.807, 2.05) is 27.7 Å². The van der Waals surface area contributed by atoms with Crippen molar-refractivity contribution in [3.05, 3.63) is 29.6 Å². The summed E-state index contributed by atoms with van der Waals surface area (Å²) in [5, 5.41) is 3.56. The number of hydrogen-bond acceptors (Lipinski definition) is 7. The number of nitrogens with zero attached hydrogens (tertiary/aromatic N) is 4. The lowest BCUT2D eigenvalue weighted by molar-refractivity contribution is -0.136. The highest BCUT2D eigenvalue weighted by atomic mass is 19.4. The molecule has 1 aliphatic heterocycles. The Morgan fingerprint density at radius 1 is 1.15 bits per heavy atom. The zero-order valence-corrected chi connectivity index (χ0v) is 20.2. The third kappa shape index (κ3) is 6.69. The lowest BCUT2D eigenvalue weighted by Gasteiger charge is -2.36. The summed E-state index contributed by atoms with van der Waals surface area (Å²) < 4.78 is 51.2. The lowest BCUT2D eigenvalue weighted by Crippen LogP contribution is -2.51. The Morgan fingerprint density at radius 3 is 2.41 bits per heavy atom. The van der Waals surface area contributed by atoms with Gasteiger partial charge in [0.2, 0.25) is 0 Å². The first-order chi connectivity index (χ1) is 15.9. The van der Waals surface area contributed by atoms with Crippen LogP contribution in [0.2, 0.25) is 0 Å². The molecule has 1 aromatic carbocycles. The number of benzene rings is 1. The number of carbonyl (C=O) groups excluding carboxylic acids is 1. The van der Waals surface area contributed by atoms with E-state index < -0.39 is 17.3 Å². The number of ether oxygens (including phenoxy) is 2. The first kappa shape index (κ1) is 26.0. The number of alkyl halides is 3. The molecule has 34 heavy (non-hydrogen) atoms. The number of rotatable bonds is 6. The van der Waals surface area contributed by atoms with E-state index in [0.29, 0.717) is 43.9 Å². The number of carbonyl (C=O) groups is 1. The molecule has 1 aliphatic rings. The first-order valence-electron chi connectivity index (χ1n) is 11.2. The number of methoxy groups -OCH3 is 1. The molecule has 2 heterocycles. The van der Waals surface area contributed by atoms with E-state index in [2.05, 4.69) is 20.2 Å². The molecule has 0 aliphatic carbocycles. The summed E-state index contributed by atoms with van der Waals surface area (Å²) in [6.45, 7) is 10.5. The van der Waals surface area contributed by atoms with Crippen LogP contribution < -0.4 is 5.32 Å². The molecular weight excluding hydrogens is 451 g/mol. The van der Waals surface area contributed by atoms with E-state index in [0.717, 1.165) is 6.07 Å². The molecule has 0 unspecified atom stereocenters. The molecule has 0 saturated carbocycles. The fraction of sp³-hybridized carbons (Fsp3) is 0.609. The Balaban J connectivity index is 1.70. The maximum atomic E-state index is 13.6. The molecule has 8 nitrogen and oxygen atoms in total. The molecule has 188 valence electrons. The minimum atomic E-state index is -4.53. The summed E-state index contributed by atoms with van der Waals surface area (Å²) in [6.07, 6.45) is -4.86. The quantitative estimate of drug-likeness (QED) is 0.661. The van der Waals surface area contributed by atoms with Gasteiger partial charge < -0.3 is 19.7 Å². The number of halogens is 3. The molecule has 2 aromatic rings. The van der Waals surface area contributed by atoms with Gasteiger partial charge in [0.15, 0.2) is 5.82 Å². The van der Waals surface area contributed by atoms with Crippen LogP contribution >= 0.6 is 0 Å². The number of piperazine rings is 1. The highest BCUT2D eigenvalue weighted by Gasteiger charge is 2.34. The van der Waals surface area contributed by atoms with Crippen LogP contribution in [0.4, 0.5) is 23.8 Å². The Kier molecular flexibility index (Phi) is 7.87. The van der Waals surface area contributed by atoms with Crippen molar-refractivity contribution >= 4 is 22.8 Å². The van der Waals surface area contributed by atoms with Crippen molar-refractivity contribution in [3.8, 4) is 0 Å². The minimum Gasteiger partial charge on any atom is -0.444 e. The highest BCUT2D eigenvalue weighted by molar-refractivity contribution is 5.91. The van der Waals surface area contributed by atoms with Gasteiger partial charge in [-0.05, 0) is 39.8 Å². The number of aromatic nitrogens is 2. The molecule has 1 N–H and O–H groups in total. The van der Waals surface area contributed by atoms with E-state index in [4.69, 9.17) is 9.47 Å². The number of fused-ring (bicyclic) bond motifs is 1. The zero-order chi connectivity index (χ0) is 25.1. The summed E-state index contributed by atoms with van der Waals surface area (Å²) in [6, 6.07) is 3.84. The molecule has 1 saturated heterocycles. The summed E-state index contributed by atoms with van der Waals surface area (Å²) in [5.74, 6) is 0.510. The molecule has 0 radical (unpaired) electrons. The second-order valence-electron chi connectivity index (χ2n) is 9.43. The average Bonchev–Trinajstić information content (AvgIpc) is 2.72. The monoisotopic (exact) mass is 483 g/mol. The van der Waals surface area contributed by atoms with Gasteiger partial charge >= 0.3 is 12.3 Å². The number of nitrogens with one attached hydrogen (secondary N) is 1. The van der Waals surface area contributed by atoms with Gasteiger partial charge in [-0.3, -0.25) is 4.90 Å². The molecule has 0 bridgehead atoms. The summed E-state index contributed by atoms with van der Waals surface area (Å²) in [7, 11) is 1.44. The number of para-hydroxylation sites is 1. The third-order valence-electron chi connectivity index (χ3n) is 5.29. The van der Waals surface area contributed by atoms with Crippen molar-refractivity contribution in [3.63, 3.8) is 0 Å². The van der Waals surface area contributed by atoms with E-state index in [9.17, 15) is 18.0 Å². The Hall–Kier alpha value is -2.66. The minimum absolute atomic E-state index is 0.00217. The molecular formula is C23H32F3N5O3. The average molecular weight is 484 g/mol. The van der Waals surface area contributed by atoms with Crippen LogP contribution in [0.3, 0.4) is 0 Å². The normalized spacial score (nSPS) is 16.5. The van der Waals surface area contributed by atoms with Crippen LogP contribution in [0.1, 0.15) is 39.1 Å². The van der Waals surface area contributed by atoms with Gasteiger partial charge in [0, 0.05) is 51.3 Å². The van der Waals surface area contributed by atoms with Crippen molar-refractivity contribution in [1.82, 2.24) is 19.8 Å². The molecule has 1 fully saturated rings. The maximum Gasteiger partial charge on any atom is 0.418 e. The van der Waals surface area contributed by atoms with Gasteiger partial charge in [0.1, 0.15) is 18.0 Å². The first-order valence-corrected chi connectivity index (χ1v) is 11.2. The van der Waals surface area contributed by atoms with Crippen LogP contribution in [-0.2, 0) is 22.3 Å². The summed E-state index contributed by atoms with van der Waals surface area (Å²) >= 11 is 0. The maximum absolute atomic E-state index is 13.6. The van der Waals surface area contributed by atoms with Crippen molar-refractivity contribution in [2.75, 3.05) is 45.2 Å². The molecule has 3 rings (SSSR count). The fourth-order valence-electron chi connectivity index (χ4n) is 3.84. The van der Waals surface area contributed by atoms with Gasteiger partial charge in [-0.25, -0.2) is 14.8 Å². The van der Waals surface area contributed by atoms with Crippen molar-refractivity contribution in [2.24, 2.45) is 0 Å². The van der Waals surface area contributed by atoms with E-state index in [1.54, 1.807) is 11.0 Å². The second-order valence-corrected chi connectivity index (χ2v) is 9.43. The van der Waals surface area contributed by atoms with Crippen LogP contribution in [-0.4, -0.2) is 77.3 Å². The Morgan fingerprint density at radius 2 is 1.82 bits per heavy atom. The van der Waals surface area contributed by atoms with E-state index >= 15 is 0 Å². The second kappa shape index (κ2) is 10.3. The highest BCUT2D eigenvalue weighted by Crippen LogP contribution is 2.35. The standard InChI is InChI=1S/C23H32F3N5O3/c1-15(13-30-9-11-31(12-10-30)21(32)34-22(2,3)4)27-20-16-7-6-8-17(23(24,25)26)19(16)28-18(29-20)14-33-5/h6-8,15H,9-14H2,1-5H3,(H,27,28,29)/t15-/m0/s1. The van der Waals surface area contributed by atoms with Gasteiger partial charge in [-0.1, -0.05) is 6.07 Å². The Labute approximate surface area is 197 Å². The molecule has 1 aromatic heterocycles. The van der Waals surface area contributed by atoms with Gasteiger partial charge in [0.05, 0.1) is 11.1 Å². The van der Waals surface area contributed by atoms with E-state index in [-0.39, 0.29) is 30.1 Å². The topological polar surface area (TPSA) is 79.8 Å². The smallest absolute Gasteiger partial charge is 0.418 e. The summed E-state index contributed by atoms with van der Waals surface area (Å²) in [5.41, 5.74) is -1.50. The number of amides is 1. The van der Waals surface area contributed by atoms with Gasteiger partial charge in [0.25, 0.3) is 0 Å². The largest absolute Gasteiger partial charge is 0.444 e. The molecule has 11 heteroatoms. The SMILES string of the molecule is COCc1nc(N[C@@H](C)CN2CCN(C(=O)OC(C)(C)C)CC2)c2cccc(C(F)(F)F)c2n1. The summed E-state index contributed by atoms with van der Waals surface area (Å²) in [4.78, 5) is 24.7. The van der Waals surface area contributed by atoms with Crippen molar-refractivity contribution in [2.45, 2.75) is 52.1 Å². The van der Waals surface area contributed by atoms with Crippen molar-refractivity contribution in [1.29, 1.82) is 0 Å². The van der Waals surface area contributed by atoms with Crippen molar-refractivity contribution < 1.29 is 27.4 Å². The Bertz CT molecular complexity index is 1000. The van der Waals surface area contributed by atoms with Gasteiger partial charge in [-0.15, -0.1) is 0 Å². The third-order valence-corrected chi connectivity index (χ3v) is 5.29. The fourth-order valence-corrected chi connectivity index (χ4v) is 3.84. The molecule has 1 amide bonds. The zero-order valence-electron chi connectivity index (χ0n) is 20.2. The number of anilines is 1. The van der Waals surface area contributed by atoms with Crippen LogP contribution in [0.25, 0.3) is 10.9 Å². The lowest BCUT2D eigenvalue weighted by atomic mass is 10.1. The molecule has 0 spiro atoms. The predicted molar refractivity (Wildman–Crippen MR) is 123 cm³/mol.